The molecule has 29 heavy (non-hydrogen) atoms. The molecule has 3 rings (SSSR count). The predicted octanol–water partition coefficient (Wildman–Crippen LogP) is 4.94. The SMILES string of the molecule is Cc1cc(NC(=O)/C=C/c2ccccc2OCc2csc(C)n2)n(C(C)(C)C)n1. The Balaban J connectivity index is 1.69. The van der Waals surface area contributed by atoms with E-state index < -0.39 is 0 Å². The fourth-order valence-electron chi connectivity index (χ4n) is 2.81. The summed E-state index contributed by atoms with van der Waals surface area (Å²) < 4.78 is 7.72. The zero-order chi connectivity index (χ0) is 21.0. The number of aryl methyl sites for hydroxylation is 2. The second-order valence-corrected chi connectivity index (χ2v) is 8.82. The molecular formula is C22H26N4O2S. The molecule has 2 aromatic heterocycles. The summed E-state index contributed by atoms with van der Waals surface area (Å²) in [7, 11) is 0. The summed E-state index contributed by atoms with van der Waals surface area (Å²) in [5, 5.41) is 10.4. The minimum atomic E-state index is -0.227. The van der Waals surface area contributed by atoms with Gasteiger partial charge < -0.3 is 10.1 Å². The molecule has 0 spiro atoms. The minimum Gasteiger partial charge on any atom is -0.487 e. The summed E-state index contributed by atoms with van der Waals surface area (Å²) in [6.07, 6.45) is 3.26. The lowest BCUT2D eigenvalue weighted by Gasteiger charge is -2.22. The van der Waals surface area contributed by atoms with Gasteiger partial charge in [0.1, 0.15) is 18.2 Å². The van der Waals surface area contributed by atoms with Crippen molar-refractivity contribution in [1.82, 2.24) is 14.8 Å². The average molecular weight is 411 g/mol. The molecule has 2 heterocycles. The first-order chi connectivity index (χ1) is 13.7. The van der Waals surface area contributed by atoms with Gasteiger partial charge in [-0.25, -0.2) is 9.67 Å². The first-order valence-corrected chi connectivity index (χ1v) is 10.3. The first-order valence-electron chi connectivity index (χ1n) is 9.41. The number of nitrogens with one attached hydrogen (secondary N) is 1. The van der Waals surface area contributed by atoms with Crippen LogP contribution in [0.15, 0.2) is 41.8 Å². The van der Waals surface area contributed by atoms with Gasteiger partial charge in [0.05, 0.1) is 21.9 Å². The van der Waals surface area contributed by atoms with Crippen molar-refractivity contribution in [3.05, 3.63) is 63.7 Å². The summed E-state index contributed by atoms with van der Waals surface area (Å²) in [5.74, 6) is 1.16. The van der Waals surface area contributed by atoms with Crippen LogP contribution in [0.25, 0.3) is 6.08 Å². The van der Waals surface area contributed by atoms with E-state index in [2.05, 4.69) is 15.4 Å². The van der Waals surface area contributed by atoms with Gasteiger partial charge in [-0.15, -0.1) is 11.3 Å². The van der Waals surface area contributed by atoms with Crippen molar-refractivity contribution in [3.8, 4) is 5.75 Å². The summed E-state index contributed by atoms with van der Waals surface area (Å²) in [5.41, 5.74) is 2.36. The van der Waals surface area contributed by atoms with E-state index in [0.29, 0.717) is 18.2 Å². The number of amides is 1. The number of carbonyl (C=O) groups excluding carboxylic acids is 1. The number of hydrogen-bond donors (Lipinski definition) is 1. The molecule has 0 aliphatic carbocycles. The summed E-state index contributed by atoms with van der Waals surface area (Å²) in [6.45, 7) is 10.4. The fraction of sp³-hybridized carbons (Fsp3) is 0.318. The highest BCUT2D eigenvalue weighted by atomic mass is 32.1. The number of aromatic nitrogens is 3. The van der Waals surface area contributed by atoms with Gasteiger partial charge in [-0.1, -0.05) is 18.2 Å². The maximum absolute atomic E-state index is 12.5. The molecule has 7 heteroatoms. The zero-order valence-electron chi connectivity index (χ0n) is 17.4. The second-order valence-electron chi connectivity index (χ2n) is 7.76. The lowest BCUT2D eigenvalue weighted by atomic mass is 10.1. The fourth-order valence-corrected chi connectivity index (χ4v) is 3.41. The number of carbonyl (C=O) groups is 1. The first kappa shape index (κ1) is 20.8. The molecular weight excluding hydrogens is 384 g/mol. The highest BCUT2D eigenvalue weighted by Gasteiger charge is 2.19. The maximum atomic E-state index is 12.5. The molecule has 0 fully saturated rings. The quantitative estimate of drug-likeness (QED) is 0.584. The van der Waals surface area contributed by atoms with Gasteiger partial charge in [-0.3, -0.25) is 4.79 Å². The van der Waals surface area contributed by atoms with Gasteiger partial charge in [-0.05, 0) is 46.8 Å². The summed E-state index contributed by atoms with van der Waals surface area (Å²) in [6, 6.07) is 9.48. The van der Waals surface area contributed by atoms with E-state index in [-0.39, 0.29) is 11.4 Å². The molecule has 6 nitrogen and oxygen atoms in total. The molecule has 0 saturated carbocycles. The average Bonchev–Trinajstić information content (AvgIpc) is 3.24. The van der Waals surface area contributed by atoms with Crippen LogP contribution in [-0.4, -0.2) is 20.7 Å². The van der Waals surface area contributed by atoms with Crippen LogP contribution in [0.5, 0.6) is 5.75 Å². The van der Waals surface area contributed by atoms with Crippen LogP contribution in [0.4, 0.5) is 5.82 Å². The second kappa shape index (κ2) is 8.61. The number of anilines is 1. The molecule has 0 saturated heterocycles. The number of thiazole rings is 1. The van der Waals surface area contributed by atoms with Gasteiger partial charge in [0.2, 0.25) is 5.91 Å². The van der Waals surface area contributed by atoms with Crippen LogP contribution in [0.3, 0.4) is 0 Å². The van der Waals surface area contributed by atoms with Crippen molar-refractivity contribution in [2.45, 2.75) is 46.8 Å². The third-order valence-corrected chi connectivity index (χ3v) is 4.92. The predicted molar refractivity (Wildman–Crippen MR) is 117 cm³/mol. The molecule has 0 aliphatic rings. The largest absolute Gasteiger partial charge is 0.487 e. The van der Waals surface area contributed by atoms with E-state index in [1.807, 2.05) is 75.0 Å². The smallest absolute Gasteiger partial charge is 0.249 e. The van der Waals surface area contributed by atoms with Crippen LogP contribution in [0, 0.1) is 13.8 Å². The van der Waals surface area contributed by atoms with Crippen molar-refractivity contribution < 1.29 is 9.53 Å². The third kappa shape index (κ3) is 5.54. The molecule has 0 radical (unpaired) electrons. The van der Waals surface area contributed by atoms with Crippen molar-refractivity contribution >= 4 is 29.1 Å². The van der Waals surface area contributed by atoms with Gasteiger partial charge in [0.15, 0.2) is 0 Å². The van der Waals surface area contributed by atoms with E-state index in [1.54, 1.807) is 17.4 Å². The van der Waals surface area contributed by atoms with Crippen LogP contribution in [0.1, 0.15) is 42.7 Å². The molecule has 152 valence electrons. The third-order valence-electron chi connectivity index (χ3n) is 4.09. The number of ether oxygens (including phenoxy) is 1. The monoisotopic (exact) mass is 410 g/mol. The number of benzene rings is 1. The van der Waals surface area contributed by atoms with Gasteiger partial charge in [0, 0.05) is 23.1 Å². The van der Waals surface area contributed by atoms with Crippen LogP contribution >= 0.6 is 11.3 Å². The molecule has 0 bridgehead atoms. The van der Waals surface area contributed by atoms with Gasteiger partial charge >= 0.3 is 0 Å². The van der Waals surface area contributed by atoms with Gasteiger partial charge in [0.25, 0.3) is 0 Å². The maximum Gasteiger partial charge on any atom is 0.249 e. The standard InChI is InChI=1S/C22H26N4O2S/c1-15-12-20(26(25-15)22(3,4)5)24-21(27)11-10-17-8-6-7-9-19(17)28-13-18-14-29-16(2)23-18/h6-12,14H,13H2,1-5H3,(H,24,27)/b11-10+. The Morgan fingerprint density at radius 3 is 2.72 bits per heavy atom. The summed E-state index contributed by atoms with van der Waals surface area (Å²) in [4.78, 5) is 16.9. The lowest BCUT2D eigenvalue weighted by Crippen LogP contribution is -2.26. The minimum absolute atomic E-state index is 0.222. The molecule has 0 aliphatic heterocycles. The Morgan fingerprint density at radius 2 is 2.03 bits per heavy atom. The van der Waals surface area contributed by atoms with Crippen molar-refractivity contribution in [2.75, 3.05) is 5.32 Å². The molecule has 1 N–H and O–H groups in total. The molecule has 3 aromatic rings. The lowest BCUT2D eigenvalue weighted by molar-refractivity contribution is -0.111. The van der Waals surface area contributed by atoms with Gasteiger partial charge in [-0.2, -0.15) is 5.10 Å². The van der Waals surface area contributed by atoms with E-state index >= 15 is 0 Å². The van der Waals surface area contributed by atoms with Crippen molar-refractivity contribution in [1.29, 1.82) is 0 Å². The molecule has 1 aromatic carbocycles. The highest BCUT2D eigenvalue weighted by Crippen LogP contribution is 2.23. The van der Waals surface area contributed by atoms with Crippen molar-refractivity contribution in [3.63, 3.8) is 0 Å². The number of para-hydroxylation sites is 1. The molecule has 1 amide bonds. The van der Waals surface area contributed by atoms with E-state index in [0.717, 1.165) is 22.0 Å². The van der Waals surface area contributed by atoms with E-state index in [9.17, 15) is 4.79 Å². The zero-order valence-corrected chi connectivity index (χ0v) is 18.2. The van der Waals surface area contributed by atoms with Crippen LogP contribution in [0.2, 0.25) is 0 Å². The Kier molecular flexibility index (Phi) is 6.17. The number of rotatable bonds is 6. The van der Waals surface area contributed by atoms with E-state index in [1.165, 1.54) is 6.08 Å². The Labute approximate surface area is 175 Å². The molecule has 0 atom stereocenters. The number of nitrogens with zero attached hydrogens (tertiary/aromatic N) is 3. The Hall–Kier alpha value is -2.93. The Bertz CT molecular complexity index is 1030. The Morgan fingerprint density at radius 1 is 1.28 bits per heavy atom. The van der Waals surface area contributed by atoms with E-state index in [4.69, 9.17) is 4.74 Å². The number of hydrogen-bond acceptors (Lipinski definition) is 5. The highest BCUT2D eigenvalue weighted by molar-refractivity contribution is 7.09. The van der Waals surface area contributed by atoms with Crippen molar-refractivity contribution in [2.24, 2.45) is 0 Å². The summed E-state index contributed by atoms with van der Waals surface area (Å²) >= 11 is 1.60. The van der Waals surface area contributed by atoms with Crippen LogP contribution in [-0.2, 0) is 16.9 Å². The van der Waals surface area contributed by atoms with Crippen LogP contribution < -0.4 is 10.1 Å². The normalized spacial score (nSPS) is 11.8. The topological polar surface area (TPSA) is 69.0 Å². The molecule has 0 unspecified atom stereocenters.